The van der Waals surface area contributed by atoms with Gasteiger partial charge in [0.1, 0.15) is 5.82 Å². The SMILES string of the molecule is C=CC(=O)c1cc(F)ccc1N(C)C. The highest BCUT2D eigenvalue weighted by molar-refractivity contribution is 6.08. The smallest absolute Gasteiger partial charge is 0.187 e. The molecular weight excluding hydrogens is 181 g/mol. The molecule has 0 bridgehead atoms. The topological polar surface area (TPSA) is 20.3 Å². The van der Waals surface area contributed by atoms with Crippen LogP contribution in [0.4, 0.5) is 10.1 Å². The summed E-state index contributed by atoms with van der Waals surface area (Å²) >= 11 is 0. The van der Waals surface area contributed by atoms with Gasteiger partial charge in [0.05, 0.1) is 0 Å². The van der Waals surface area contributed by atoms with Crippen LogP contribution in [0.5, 0.6) is 0 Å². The van der Waals surface area contributed by atoms with Gasteiger partial charge in [-0.1, -0.05) is 6.58 Å². The molecule has 3 heteroatoms. The Bertz CT molecular complexity index is 372. The Labute approximate surface area is 82.7 Å². The number of nitrogens with zero attached hydrogens (tertiary/aromatic N) is 1. The van der Waals surface area contributed by atoms with Gasteiger partial charge in [0.25, 0.3) is 0 Å². The molecule has 2 nitrogen and oxygen atoms in total. The summed E-state index contributed by atoms with van der Waals surface area (Å²) in [7, 11) is 3.60. The van der Waals surface area contributed by atoms with Gasteiger partial charge in [-0.15, -0.1) is 0 Å². The van der Waals surface area contributed by atoms with Gasteiger partial charge in [0.2, 0.25) is 0 Å². The average Bonchev–Trinajstić information content (AvgIpc) is 2.16. The predicted molar refractivity (Wildman–Crippen MR) is 55.3 cm³/mol. The standard InChI is InChI=1S/C11H12FNO/c1-4-11(14)9-7-8(12)5-6-10(9)13(2)3/h4-7H,1H2,2-3H3. The Hall–Kier alpha value is -1.64. The molecule has 0 heterocycles. The Kier molecular flexibility index (Phi) is 3.02. The Morgan fingerprint density at radius 1 is 1.50 bits per heavy atom. The van der Waals surface area contributed by atoms with Crippen molar-refractivity contribution < 1.29 is 9.18 Å². The molecule has 0 saturated carbocycles. The largest absolute Gasteiger partial charge is 0.377 e. The summed E-state index contributed by atoms with van der Waals surface area (Å²) in [5, 5.41) is 0. The van der Waals surface area contributed by atoms with Crippen LogP contribution in [0.2, 0.25) is 0 Å². The van der Waals surface area contributed by atoms with Crippen molar-refractivity contribution in [2.75, 3.05) is 19.0 Å². The van der Waals surface area contributed by atoms with E-state index in [0.29, 0.717) is 11.3 Å². The van der Waals surface area contributed by atoms with Crippen molar-refractivity contribution in [3.63, 3.8) is 0 Å². The minimum Gasteiger partial charge on any atom is -0.377 e. The molecule has 0 atom stereocenters. The number of rotatable bonds is 3. The third-order valence-electron chi connectivity index (χ3n) is 1.89. The number of carbonyl (C=O) groups excluding carboxylic acids is 1. The summed E-state index contributed by atoms with van der Waals surface area (Å²) in [6, 6.07) is 4.13. The molecule has 0 N–H and O–H groups in total. The second kappa shape index (κ2) is 4.05. The van der Waals surface area contributed by atoms with E-state index in [2.05, 4.69) is 6.58 Å². The number of benzene rings is 1. The lowest BCUT2D eigenvalue weighted by Gasteiger charge is -2.15. The van der Waals surface area contributed by atoms with Crippen molar-refractivity contribution in [1.29, 1.82) is 0 Å². The molecule has 0 aliphatic heterocycles. The molecule has 0 fully saturated rings. The van der Waals surface area contributed by atoms with Gasteiger partial charge in [0, 0.05) is 25.3 Å². The third-order valence-corrected chi connectivity index (χ3v) is 1.89. The van der Waals surface area contributed by atoms with E-state index in [9.17, 15) is 9.18 Å². The molecule has 1 aromatic carbocycles. The first-order valence-electron chi connectivity index (χ1n) is 4.20. The van der Waals surface area contributed by atoms with Crippen molar-refractivity contribution in [1.82, 2.24) is 0 Å². The number of halogens is 1. The highest BCUT2D eigenvalue weighted by Gasteiger charge is 2.10. The van der Waals surface area contributed by atoms with Gasteiger partial charge >= 0.3 is 0 Å². The Balaban J connectivity index is 3.29. The number of hydrogen-bond donors (Lipinski definition) is 0. The molecule has 1 rings (SSSR count). The van der Waals surface area contributed by atoms with Crippen molar-refractivity contribution >= 4 is 11.5 Å². The fraction of sp³-hybridized carbons (Fsp3) is 0.182. The minimum atomic E-state index is -0.416. The maximum absolute atomic E-state index is 12.9. The molecule has 0 unspecified atom stereocenters. The van der Waals surface area contributed by atoms with Crippen molar-refractivity contribution in [3.05, 3.63) is 42.2 Å². The number of allylic oxidation sites excluding steroid dienone is 1. The number of ketones is 1. The number of anilines is 1. The van der Waals surface area contributed by atoms with E-state index in [0.717, 1.165) is 0 Å². The lowest BCUT2D eigenvalue weighted by molar-refractivity contribution is 0.104. The van der Waals surface area contributed by atoms with Gasteiger partial charge in [-0.05, 0) is 24.3 Å². The highest BCUT2D eigenvalue weighted by Crippen LogP contribution is 2.20. The summed E-state index contributed by atoms with van der Waals surface area (Å²) < 4.78 is 12.9. The van der Waals surface area contributed by atoms with Crippen molar-refractivity contribution in [2.45, 2.75) is 0 Å². The average molecular weight is 193 g/mol. The Morgan fingerprint density at radius 2 is 2.14 bits per heavy atom. The van der Waals surface area contributed by atoms with Crippen LogP contribution in [0.25, 0.3) is 0 Å². The summed E-state index contributed by atoms with van der Waals surface area (Å²) in [6.07, 6.45) is 1.18. The lowest BCUT2D eigenvalue weighted by atomic mass is 10.1. The van der Waals surface area contributed by atoms with E-state index < -0.39 is 5.82 Å². The van der Waals surface area contributed by atoms with E-state index in [4.69, 9.17) is 0 Å². The monoisotopic (exact) mass is 193 g/mol. The van der Waals surface area contributed by atoms with Gasteiger partial charge in [0.15, 0.2) is 5.78 Å². The van der Waals surface area contributed by atoms with Crippen molar-refractivity contribution in [3.8, 4) is 0 Å². The van der Waals surface area contributed by atoms with E-state index >= 15 is 0 Å². The molecule has 74 valence electrons. The van der Waals surface area contributed by atoms with Crippen LogP contribution in [0, 0.1) is 5.82 Å². The summed E-state index contributed by atoms with van der Waals surface area (Å²) in [5.41, 5.74) is 1.03. The molecule has 0 aliphatic carbocycles. The lowest BCUT2D eigenvalue weighted by Crippen LogP contribution is -2.13. The molecule has 0 aliphatic rings. The fourth-order valence-corrected chi connectivity index (χ4v) is 1.21. The van der Waals surface area contributed by atoms with Gasteiger partial charge in [-0.25, -0.2) is 4.39 Å². The molecule has 14 heavy (non-hydrogen) atoms. The predicted octanol–water partition coefficient (Wildman–Crippen LogP) is 2.26. The fourth-order valence-electron chi connectivity index (χ4n) is 1.21. The van der Waals surface area contributed by atoms with Gasteiger partial charge in [-0.3, -0.25) is 4.79 Å². The van der Waals surface area contributed by atoms with Gasteiger partial charge in [-0.2, -0.15) is 0 Å². The summed E-state index contributed by atoms with van der Waals surface area (Å²) in [5.74, 6) is -0.686. The second-order valence-electron chi connectivity index (χ2n) is 3.12. The quantitative estimate of drug-likeness (QED) is 0.542. The number of hydrogen-bond acceptors (Lipinski definition) is 2. The molecule has 0 saturated heterocycles. The first-order valence-corrected chi connectivity index (χ1v) is 4.20. The minimum absolute atomic E-state index is 0.270. The first kappa shape index (κ1) is 10.4. The van der Waals surface area contributed by atoms with E-state index in [1.165, 1.54) is 18.2 Å². The van der Waals surface area contributed by atoms with Gasteiger partial charge < -0.3 is 4.90 Å². The first-order chi connectivity index (χ1) is 6.56. The van der Waals surface area contributed by atoms with Crippen LogP contribution in [0.3, 0.4) is 0 Å². The van der Waals surface area contributed by atoms with E-state index in [1.54, 1.807) is 25.1 Å². The summed E-state index contributed by atoms with van der Waals surface area (Å²) in [6.45, 7) is 3.38. The zero-order chi connectivity index (χ0) is 10.7. The van der Waals surface area contributed by atoms with E-state index in [-0.39, 0.29) is 5.78 Å². The zero-order valence-corrected chi connectivity index (χ0v) is 8.25. The molecular formula is C11H12FNO. The second-order valence-corrected chi connectivity index (χ2v) is 3.12. The molecule has 1 aromatic rings. The highest BCUT2D eigenvalue weighted by atomic mass is 19.1. The molecule has 0 spiro atoms. The zero-order valence-electron chi connectivity index (χ0n) is 8.25. The number of carbonyl (C=O) groups is 1. The van der Waals surface area contributed by atoms with Crippen LogP contribution in [0.15, 0.2) is 30.9 Å². The van der Waals surface area contributed by atoms with Crippen LogP contribution in [-0.4, -0.2) is 19.9 Å². The van der Waals surface area contributed by atoms with E-state index in [1.807, 2.05) is 0 Å². The molecule has 0 radical (unpaired) electrons. The summed E-state index contributed by atoms with van der Waals surface area (Å²) in [4.78, 5) is 13.1. The van der Waals surface area contributed by atoms with Crippen LogP contribution in [0.1, 0.15) is 10.4 Å². The van der Waals surface area contributed by atoms with Crippen LogP contribution >= 0.6 is 0 Å². The Morgan fingerprint density at radius 3 is 2.64 bits per heavy atom. The normalized spacial score (nSPS) is 9.64. The molecule has 0 amide bonds. The molecule has 0 aromatic heterocycles. The maximum atomic E-state index is 12.9. The van der Waals surface area contributed by atoms with Crippen molar-refractivity contribution in [2.24, 2.45) is 0 Å². The van der Waals surface area contributed by atoms with Crippen LogP contribution in [-0.2, 0) is 0 Å². The van der Waals surface area contributed by atoms with Crippen LogP contribution < -0.4 is 4.90 Å². The maximum Gasteiger partial charge on any atom is 0.187 e. The third kappa shape index (κ3) is 1.99.